The summed E-state index contributed by atoms with van der Waals surface area (Å²) in [6, 6.07) is 21.0. The first-order valence-electron chi connectivity index (χ1n) is 15.4. The third-order valence-electron chi connectivity index (χ3n) is 8.31. The quantitative estimate of drug-likeness (QED) is 0.123. The lowest BCUT2D eigenvalue weighted by Crippen LogP contribution is -2.17. The number of aromatic nitrogens is 4. The van der Waals surface area contributed by atoms with Crippen molar-refractivity contribution in [3.8, 4) is 11.1 Å². The van der Waals surface area contributed by atoms with Crippen molar-refractivity contribution in [2.45, 2.75) is 39.7 Å². The zero-order valence-corrected chi connectivity index (χ0v) is 25.7. The molecule has 2 aromatic carbocycles. The summed E-state index contributed by atoms with van der Waals surface area (Å²) in [5, 5.41) is 27.1. The third-order valence-corrected chi connectivity index (χ3v) is 8.31. The van der Waals surface area contributed by atoms with Gasteiger partial charge in [0.15, 0.2) is 5.82 Å². The van der Waals surface area contributed by atoms with Crippen LogP contribution in [0.5, 0.6) is 0 Å². The number of hydrogen-bond donors (Lipinski definition) is 4. The highest BCUT2D eigenvalue weighted by atomic mass is 16.3. The lowest BCUT2D eigenvalue weighted by Gasteiger charge is -2.17. The molecule has 0 aliphatic rings. The van der Waals surface area contributed by atoms with Crippen LogP contribution >= 0.6 is 0 Å². The number of fused-ring (bicyclic) bond motifs is 2. The van der Waals surface area contributed by atoms with Gasteiger partial charge in [0.2, 0.25) is 0 Å². The average Bonchev–Trinajstić information content (AvgIpc) is 3.06. The predicted octanol–water partition coefficient (Wildman–Crippen LogP) is 6.20. The molecule has 0 spiro atoms. The summed E-state index contributed by atoms with van der Waals surface area (Å²) in [7, 11) is 0. The maximum absolute atomic E-state index is 9.20. The fourth-order valence-electron chi connectivity index (χ4n) is 5.86. The summed E-state index contributed by atoms with van der Waals surface area (Å²) in [6.07, 6.45) is 9.61. The van der Waals surface area contributed by atoms with Gasteiger partial charge in [-0.25, -0.2) is 4.98 Å². The van der Waals surface area contributed by atoms with Crippen molar-refractivity contribution in [1.29, 1.82) is 0 Å². The van der Waals surface area contributed by atoms with Crippen LogP contribution in [-0.4, -0.2) is 49.9 Å². The van der Waals surface area contributed by atoms with Gasteiger partial charge in [-0.05, 0) is 96.0 Å². The Hall–Kier alpha value is -4.76. The lowest BCUT2D eigenvalue weighted by molar-refractivity contribution is 0.288. The Bertz CT molecular complexity index is 1960. The molecule has 0 atom stereocenters. The molecule has 45 heavy (non-hydrogen) atoms. The number of nitrogens with zero attached hydrogens (tertiary/aromatic N) is 4. The van der Waals surface area contributed by atoms with Gasteiger partial charge >= 0.3 is 0 Å². The number of aliphatic hydroxyl groups excluding tert-OH is 2. The van der Waals surface area contributed by atoms with Crippen molar-refractivity contribution in [3.63, 3.8) is 0 Å². The number of benzene rings is 2. The minimum absolute atomic E-state index is 0.112. The molecule has 0 amide bonds. The van der Waals surface area contributed by atoms with Gasteiger partial charge in [-0.3, -0.25) is 15.0 Å². The van der Waals surface area contributed by atoms with E-state index in [9.17, 15) is 5.11 Å². The standard InChI is InChI=1S/C37H38N6O2/c1-24-28(20-34-35-29(11-13-39-34)19-27(23-41-35)21-38-15-17-45)7-3-8-31(24)32-9-4-10-33(25(32)2)43-37-36-30(12-14-40-37)18-26(22-42-36)6-5-16-44/h3-4,7-14,18-19,22-23,38,44-45H,5-6,15-17,20-21H2,1-2H3,(H,40,43). The smallest absolute Gasteiger partial charge is 0.156 e. The topological polar surface area (TPSA) is 116 Å². The minimum atomic E-state index is 0.112. The van der Waals surface area contributed by atoms with Crippen LogP contribution in [0.15, 0.2) is 85.5 Å². The highest BCUT2D eigenvalue weighted by Gasteiger charge is 2.15. The number of pyridine rings is 4. The Morgan fingerprint density at radius 1 is 0.711 bits per heavy atom. The van der Waals surface area contributed by atoms with Crippen molar-refractivity contribution in [2.75, 3.05) is 25.1 Å². The van der Waals surface area contributed by atoms with Gasteiger partial charge in [0.1, 0.15) is 5.52 Å². The molecule has 0 unspecified atom stereocenters. The zero-order valence-electron chi connectivity index (χ0n) is 25.7. The summed E-state index contributed by atoms with van der Waals surface area (Å²) in [6.45, 7) is 5.81. The molecule has 4 aromatic heterocycles. The molecule has 0 fully saturated rings. The second kappa shape index (κ2) is 13.9. The van der Waals surface area contributed by atoms with E-state index in [-0.39, 0.29) is 13.2 Å². The molecular weight excluding hydrogens is 560 g/mol. The number of aryl methyl sites for hydroxylation is 1. The van der Waals surface area contributed by atoms with Crippen LogP contribution in [0.1, 0.15) is 39.9 Å². The van der Waals surface area contributed by atoms with E-state index in [0.717, 1.165) is 68.3 Å². The first-order chi connectivity index (χ1) is 22.1. The molecule has 6 aromatic rings. The van der Waals surface area contributed by atoms with Crippen LogP contribution in [0.3, 0.4) is 0 Å². The Morgan fingerprint density at radius 2 is 1.42 bits per heavy atom. The van der Waals surface area contributed by atoms with Crippen LogP contribution in [0.25, 0.3) is 32.9 Å². The van der Waals surface area contributed by atoms with E-state index < -0.39 is 0 Å². The maximum Gasteiger partial charge on any atom is 0.156 e. The lowest BCUT2D eigenvalue weighted by atomic mass is 9.91. The van der Waals surface area contributed by atoms with Crippen LogP contribution in [0, 0.1) is 13.8 Å². The van der Waals surface area contributed by atoms with Crippen molar-refractivity contribution < 1.29 is 10.2 Å². The minimum Gasteiger partial charge on any atom is -0.396 e. The molecule has 0 aliphatic carbocycles. The summed E-state index contributed by atoms with van der Waals surface area (Å²) < 4.78 is 0. The summed E-state index contributed by atoms with van der Waals surface area (Å²) in [5.74, 6) is 0.716. The molecule has 0 saturated carbocycles. The van der Waals surface area contributed by atoms with Crippen molar-refractivity contribution in [1.82, 2.24) is 25.3 Å². The first kappa shape index (κ1) is 30.3. The Kier molecular flexibility index (Phi) is 9.35. The third kappa shape index (κ3) is 6.68. The van der Waals surface area contributed by atoms with Gasteiger partial charge in [-0.15, -0.1) is 0 Å². The van der Waals surface area contributed by atoms with Crippen molar-refractivity contribution in [2.24, 2.45) is 0 Å². The molecule has 0 aliphatic heterocycles. The second-order valence-electron chi connectivity index (χ2n) is 11.3. The number of anilines is 2. The van der Waals surface area contributed by atoms with Gasteiger partial charge in [0.05, 0.1) is 17.8 Å². The molecular formula is C37H38N6O2. The van der Waals surface area contributed by atoms with Gasteiger partial charge in [0, 0.05) is 67.4 Å². The second-order valence-corrected chi connectivity index (χ2v) is 11.3. The Balaban J connectivity index is 1.28. The molecule has 8 heteroatoms. The number of rotatable bonds is 12. The van der Waals surface area contributed by atoms with E-state index in [2.05, 4.69) is 78.0 Å². The molecule has 228 valence electrons. The van der Waals surface area contributed by atoms with E-state index in [1.165, 1.54) is 16.7 Å². The summed E-state index contributed by atoms with van der Waals surface area (Å²) >= 11 is 0. The fourth-order valence-corrected chi connectivity index (χ4v) is 5.86. The van der Waals surface area contributed by atoms with Crippen LogP contribution < -0.4 is 10.6 Å². The predicted molar refractivity (Wildman–Crippen MR) is 181 cm³/mol. The van der Waals surface area contributed by atoms with Crippen LogP contribution in [0.2, 0.25) is 0 Å². The first-order valence-corrected chi connectivity index (χ1v) is 15.4. The SMILES string of the molecule is Cc1c(Cc2nccc3cc(CNCCO)cnc23)cccc1-c1cccc(Nc2nccc3cc(CCCO)cnc23)c1C. The van der Waals surface area contributed by atoms with E-state index >= 15 is 0 Å². The molecule has 0 radical (unpaired) electrons. The van der Waals surface area contributed by atoms with Crippen molar-refractivity contribution >= 4 is 33.3 Å². The highest BCUT2D eigenvalue weighted by molar-refractivity contribution is 5.91. The van der Waals surface area contributed by atoms with Crippen LogP contribution in [-0.2, 0) is 19.4 Å². The van der Waals surface area contributed by atoms with Gasteiger partial charge in [0.25, 0.3) is 0 Å². The van der Waals surface area contributed by atoms with E-state index in [4.69, 9.17) is 20.1 Å². The van der Waals surface area contributed by atoms with Crippen molar-refractivity contribution in [3.05, 3.63) is 119 Å². The highest BCUT2D eigenvalue weighted by Crippen LogP contribution is 2.35. The zero-order chi connectivity index (χ0) is 31.2. The van der Waals surface area contributed by atoms with Gasteiger partial charge in [-0.1, -0.05) is 30.3 Å². The molecule has 0 saturated heterocycles. The Morgan fingerprint density at radius 3 is 2.24 bits per heavy atom. The normalized spacial score (nSPS) is 11.4. The number of hydrogen-bond acceptors (Lipinski definition) is 8. The molecule has 6 rings (SSSR count). The Labute approximate surface area is 263 Å². The average molecular weight is 599 g/mol. The fraction of sp³-hybridized carbons (Fsp3) is 0.243. The van der Waals surface area contributed by atoms with E-state index in [1.807, 2.05) is 30.7 Å². The summed E-state index contributed by atoms with van der Waals surface area (Å²) in [4.78, 5) is 18.8. The van der Waals surface area contributed by atoms with Gasteiger partial charge < -0.3 is 20.8 Å². The maximum atomic E-state index is 9.20. The molecule has 4 heterocycles. The molecule has 4 N–H and O–H groups in total. The number of aliphatic hydroxyl groups is 2. The van der Waals surface area contributed by atoms with Gasteiger partial charge in [-0.2, -0.15) is 0 Å². The summed E-state index contributed by atoms with van der Waals surface area (Å²) in [5.41, 5.74) is 11.7. The molecule has 0 bridgehead atoms. The van der Waals surface area contributed by atoms with Crippen LogP contribution in [0.4, 0.5) is 11.5 Å². The monoisotopic (exact) mass is 598 g/mol. The van der Waals surface area contributed by atoms with E-state index in [1.54, 1.807) is 6.20 Å². The molecule has 8 nitrogen and oxygen atoms in total. The number of nitrogens with one attached hydrogen (secondary N) is 2. The van der Waals surface area contributed by atoms with E-state index in [0.29, 0.717) is 25.3 Å². The largest absolute Gasteiger partial charge is 0.396 e.